The van der Waals surface area contributed by atoms with Crippen LogP contribution in [0, 0.1) is 5.82 Å². The molecule has 7 nitrogen and oxygen atoms in total. The molecular weight excluding hydrogens is 421 g/mol. The van der Waals surface area contributed by atoms with E-state index in [4.69, 9.17) is 0 Å². The summed E-state index contributed by atoms with van der Waals surface area (Å²) in [4.78, 5) is 27.8. The molecule has 2 fully saturated rings. The van der Waals surface area contributed by atoms with Crippen molar-refractivity contribution in [3.63, 3.8) is 0 Å². The molecule has 1 aromatic carbocycles. The maximum atomic E-state index is 13.5. The molecule has 2 aliphatic heterocycles. The topological polar surface area (TPSA) is 87.1 Å². The minimum atomic E-state index is -3.17. The van der Waals surface area contributed by atoms with Gasteiger partial charge < -0.3 is 4.90 Å². The zero-order valence-electron chi connectivity index (χ0n) is 17.5. The van der Waals surface area contributed by atoms with Gasteiger partial charge in [0.1, 0.15) is 11.5 Å². The maximum Gasteiger partial charge on any atom is 0.270 e. The first-order valence-corrected chi connectivity index (χ1v) is 12.8. The molecule has 3 aliphatic rings. The van der Waals surface area contributed by atoms with Gasteiger partial charge in [0, 0.05) is 25.4 Å². The Kier molecular flexibility index (Phi) is 6.41. The smallest absolute Gasteiger partial charge is 0.270 e. The quantitative estimate of drug-likeness (QED) is 0.692. The highest BCUT2D eigenvalue weighted by atomic mass is 32.2. The van der Waals surface area contributed by atoms with Crippen molar-refractivity contribution >= 4 is 27.4 Å². The Morgan fingerprint density at radius 1 is 1.10 bits per heavy atom. The van der Waals surface area contributed by atoms with Crippen LogP contribution >= 0.6 is 0 Å². The molecule has 2 amide bonds. The highest BCUT2D eigenvalue weighted by Gasteiger charge is 2.38. The summed E-state index contributed by atoms with van der Waals surface area (Å²) in [6.07, 6.45) is 5.81. The molecule has 1 unspecified atom stereocenters. The molecule has 0 aromatic heterocycles. The molecule has 2 heterocycles. The van der Waals surface area contributed by atoms with Crippen LogP contribution < -0.4 is 0 Å². The standard InChI is InChI=1S/C22H28FN3O4S/c23-17-8-6-16(7-9-17)14-25(18-4-2-1-3-5-18)22(28)20-10-11-21(27)26(24-20)19-12-13-31(29,30)15-19/h6-9,18-19H,1-5,10-15H2. The van der Waals surface area contributed by atoms with Gasteiger partial charge in [-0.2, -0.15) is 5.10 Å². The van der Waals surface area contributed by atoms with Crippen LogP contribution in [0.4, 0.5) is 4.39 Å². The van der Waals surface area contributed by atoms with E-state index in [0.29, 0.717) is 18.7 Å². The van der Waals surface area contributed by atoms with E-state index in [-0.39, 0.29) is 48.0 Å². The Morgan fingerprint density at radius 3 is 2.45 bits per heavy atom. The molecule has 1 aliphatic carbocycles. The average Bonchev–Trinajstić information content (AvgIpc) is 3.13. The number of carbonyl (C=O) groups is 2. The van der Waals surface area contributed by atoms with Gasteiger partial charge in [0.2, 0.25) is 5.91 Å². The van der Waals surface area contributed by atoms with Crippen molar-refractivity contribution in [2.45, 2.75) is 70.0 Å². The highest BCUT2D eigenvalue weighted by Crippen LogP contribution is 2.27. The van der Waals surface area contributed by atoms with Crippen LogP contribution in [-0.2, 0) is 26.0 Å². The Balaban J connectivity index is 1.58. The molecular formula is C22H28FN3O4S. The van der Waals surface area contributed by atoms with Crippen LogP contribution in [-0.4, -0.2) is 59.4 Å². The third-order valence-corrected chi connectivity index (χ3v) is 8.15. The van der Waals surface area contributed by atoms with Crippen molar-refractivity contribution in [2.75, 3.05) is 11.5 Å². The Morgan fingerprint density at radius 2 is 1.81 bits per heavy atom. The van der Waals surface area contributed by atoms with Crippen molar-refractivity contribution < 1.29 is 22.4 Å². The summed E-state index contributed by atoms with van der Waals surface area (Å²) in [5.74, 6) is -0.836. The van der Waals surface area contributed by atoms with Gasteiger partial charge >= 0.3 is 0 Å². The van der Waals surface area contributed by atoms with Gasteiger partial charge in [-0.15, -0.1) is 0 Å². The fourth-order valence-corrected chi connectivity index (χ4v) is 6.38. The maximum absolute atomic E-state index is 13.5. The predicted octanol–water partition coefficient (Wildman–Crippen LogP) is 2.65. The largest absolute Gasteiger partial charge is 0.330 e. The summed E-state index contributed by atoms with van der Waals surface area (Å²) in [5.41, 5.74) is 1.14. The number of rotatable bonds is 5. The van der Waals surface area contributed by atoms with Gasteiger partial charge in [0.25, 0.3) is 5.91 Å². The molecule has 0 N–H and O–H groups in total. The second-order valence-corrected chi connectivity index (χ2v) is 10.9. The molecule has 1 atom stereocenters. The fourth-order valence-electron chi connectivity index (χ4n) is 4.69. The van der Waals surface area contributed by atoms with Crippen LogP contribution in [0.25, 0.3) is 0 Å². The normalized spacial score (nSPS) is 24.2. The third-order valence-electron chi connectivity index (χ3n) is 6.40. The number of hydrogen-bond acceptors (Lipinski definition) is 5. The molecule has 9 heteroatoms. The minimum absolute atomic E-state index is 0.0407. The molecule has 0 bridgehead atoms. The van der Waals surface area contributed by atoms with Gasteiger partial charge in [0.15, 0.2) is 9.84 Å². The van der Waals surface area contributed by atoms with E-state index in [1.807, 2.05) is 4.90 Å². The highest BCUT2D eigenvalue weighted by molar-refractivity contribution is 7.91. The van der Waals surface area contributed by atoms with Crippen molar-refractivity contribution in [1.82, 2.24) is 9.91 Å². The lowest BCUT2D eigenvalue weighted by Crippen LogP contribution is -2.48. The lowest BCUT2D eigenvalue weighted by Gasteiger charge is -2.36. The van der Waals surface area contributed by atoms with Crippen LogP contribution in [0.1, 0.15) is 56.9 Å². The van der Waals surface area contributed by atoms with Gasteiger partial charge in [-0.1, -0.05) is 31.4 Å². The second-order valence-electron chi connectivity index (χ2n) is 8.69. The zero-order chi connectivity index (χ0) is 22.0. The van der Waals surface area contributed by atoms with Gasteiger partial charge in [-0.25, -0.2) is 17.8 Å². The van der Waals surface area contributed by atoms with E-state index >= 15 is 0 Å². The number of benzene rings is 1. The first-order chi connectivity index (χ1) is 14.8. The van der Waals surface area contributed by atoms with Gasteiger partial charge in [-0.05, 0) is 37.0 Å². The first kappa shape index (κ1) is 21.9. The lowest BCUT2D eigenvalue weighted by atomic mass is 9.93. The van der Waals surface area contributed by atoms with Crippen molar-refractivity contribution in [3.05, 3.63) is 35.6 Å². The van der Waals surface area contributed by atoms with Crippen molar-refractivity contribution in [1.29, 1.82) is 0 Å². The van der Waals surface area contributed by atoms with E-state index in [1.165, 1.54) is 17.1 Å². The second kappa shape index (κ2) is 9.06. The molecule has 168 valence electrons. The number of hydrogen-bond donors (Lipinski definition) is 0. The summed E-state index contributed by atoms with van der Waals surface area (Å²) in [7, 11) is -3.17. The SMILES string of the molecule is O=C(C1=NN(C2CCS(=O)(=O)C2)C(=O)CC1)N(Cc1ccc(F)cc1)C1CCCCC1. The number of carbonyl (C=O) groups excluding carboxylic acids is 2. The van der Waals surface area contributed by atoms with Crippen molar-refractivity contribution in [3.8, 4) is 0 Å². The number of nitrogens with zero attached hydrogens (tertiary/aromatic N) is 3. The molecule has 31 heavy (non-hydrogen) atoms. The van der Waals surface area contributed by atoms with E-state index in [9.17, 15) is 22.4 Å². The van der Waals surface area contributed by atoms with Crippen LogP contribution in [0.2, 0.25) is 0 Å². The molecule has 1 saturated heterocycles. The fraction of sp³-hybridized carbons (Fsp3) is 0.591. The van der Waals surface area contributed by atoms with Gasteiger partial charge in [-0.3, -0.25) is 9.59 Å². The Hall–Kier alpha value is -2.29. The summed E-state index contributed by atoms with van der Waals surface area (Å²) in [6.45, 7) is 0.356. The summed E-state index contributed by atoms with van der Waals surface area (Å²) >= 11 is 0. The van der Waals surface area contributed by atoms with E-state index in [0.717, 1.165) is 37.7 Å². The van der Waals surface area contributed by atoms with Crippen LogP contribution in [0.5, 0.6) is 0 Å². The summed E-state index contributed by atoms with van der Waals surface area (Å²) < 4.78 is 37.0. The Bertz CT molecular complexity index is 971. The number of amides is 2. The lowest BCUT2D eigenvalue weighted by molar-refractivity contribution is -0.134. The number of sulfone groups is 1. The zero-order valence-corrected chi connectivity index (χ0v) is 18.3. The monoisotopic (exact) mass is 449 g/mol. The number of halogens is 1. The summed E-state index contributed by atoms with van der Waals surface area (Å²) in [5, 5.41) is 5.60. The van der Waals surface area contributed by atoms with Gasteiger partial charge in [0.05, 0.1) is 17.5 Å². The van der Waals surface area contributed by atoms with E-state index in [1.54, 1.807) is 12.1 Å². The summed E-state index contributed by atoms with van der Waals surface area (Å²) in [6, 6.07) is 5.71. The molecule has 0 spiro atoms. The molecule has 1 saturated carbocycles. The molecule has 1 aromatic rings. The molecule has 0 radical (unpaired) electrons. The molecule has 4 rings (SSSR count). The van der Waals surface area contributed by atoms with Crippen LogP contribution in [0.15, 0.2) is 29.4 Å². The third kappa shape index (κ3) is 5.14. The van der Waals surface area contributed by atoms with E-state index in [2.05, 4.69) is 5.10 Å². The first-order valence-electron chi connectivity index (χ1n) is 11.0. The van der Waals surface area contributed by atoms with E-state index < -0.39 is 15.9 Å². The minimum Gasteiger partial charge on any atom is -0.330 e. The predicted molar refractivity (Wildman–Crippen MR) is 114 cm³/mol. The average molecular weight is 450 g/mol. The van der Waals surface area contributed by atoms with Crippen molar-refractivity contribution in [2.24, 2.45) is 5.10 Å². The van der Waals surface area contributed by atoms with Crippen LogP contribution in [0.3, 0.4) is 0 Å². The Labute approximate surface area is 182 Å². The number of hydrazone groups is 1.